The van der Waals surface area contributed by atoms with Crippen LogP contribution in [0.25, 0.3) is 10.2 Å². The normalized spacial score (nSPS) is 10.8. The van der Waals surface area contributed by atoms with Gasteiger partial charge in [-0.2, -0.15) is 0 Å². The fraction of sp³-hybridized carbons (Fsp3) is 0.133. The van der Waals surface area contributed by atoms with E-state index in [1.165, 1.54) is 17.7 Å². The lowest BCUT2D eigenvalue weighted by Crippen LogP contribution is -2.24. The predicted molar refractivity (Wildman–Crippen MR) is 89.9 cm³/mol. The first kappa shape index (κ1) is 14.9. The molecule has 22 heavy (non-hydrogen) atoms. The number of carbonyl (C=O) groups excluding carboxylic acids is 1. The zero-order valence-corrected chi connectivity index (χ0v) is 13.8. The fourth-order valence-electron chi connectivity index (χ4n) is 2.04. The molecule has 1 amide bonds. The number of thiophene rings is 1. The molecule has 0 atom stereocenters. The summed E-state index contributed by atoms with van der Waals surface area (Å²) in [7, 11) is 0. The minimum absolute atomic E-state index is 0.0540. The van der Waals surface area contributed by atoms with Crippen molar-refractivity contribution in [2.75, 3.05) is 0 Å². The summed E-state index contributed by atoms with van der Waals surface area (Å²) in [6.45, 7) is 0.399. The van der Waals surface area contributed by atoms with Crippen LogP contribution in [0.3, 0.4) is 0 Å². The van der Waals surface area contributed by atoms with Crippen molar-refractivity contribution < 1.29 is 4.79 Å². The maximum absolute atomic E-state index is 12.0. The first-order chi connectivity index (χ1) is 10.6. The molecule has 3 aromatic rings. The molecule has 0 saturated carbocycles. The molecule has 5 nitrogen and oxygen atoms in total. The first-order valence-corrected chi connectivity index (χ1v) is 8.20. The largest absolute Gasteiger partial charge is 0.351 e. The summed E-state index contributed by atoms with van der Waals surface area (Å²) in [5.74, 6) is -0.0540. The van der Waals surface area contributed by atoms with E-state index in [1.54, 1.807) is 6.07 Å². The molecule has 0 unspecified atom stereocenters. The van der Waals surface area contributed by atoms with Gasteiger partial charge in [-0.25, -0.2) is 4.98 Å². The van der Waals surface area contributed by atoms with E-state index in [0.717, 1.165) is 14.9 Å². The molecular formula is C15H12BrN3O2S. The number of aromatic amines is 1. The highest BCUT2D eigenvalue weighted by Crippen LogP contribution is 2.20. The monoisotopic (exact) mass is 377 g/mol. The third kappa shape index (κ3) is 3.42. The summed E-state index contributed by atoms with van der Waals surface area (Å²) in [6.07, 6.45) is 1.72. The highest BCUT2D eigenvalue weighted by Gasteiger charge is 2.08. The molecule has 2 heterocycles. The van der Waals surface area contributed by atoms with Gasteiger partial charge in [0, 0.05) is 9.35 Å². The molecule has 0 radical (unpaired) electrons. The van der Waals surface area contributed by atoms with E-state index in [0.29, 0.717) is 23.2 Å². The van der Waals surface area contributed by atoms with Crippen LogP contribution >= 0.6 is 27.3 Å². The Bertz CT molecular complexity index is 870. The van der Waals surface area contributed by atoms with Crippen LogP contribution in [0.4, 0.5) is 0 Å². The molecule has 112 valence electrons. The Balaban J connectivity index is 1.63. The predicted octanol–water partition coefficient (Wildman–Crippen LogP) is 2.61. The van der Waals surface area contributed by atoms with Crippen LogP contribution in [0, 0.1) is 0 Å². The van der Waals surface area contributed by atoms with Gasteiger partial charge < -0.3 is 10.3 Å². The molecule has 1 aromatic carbocycles. The summed E-state index contributed by atoms with van der Waals surface area (Å²) in [5, 5.41) is 3.42. The van der Waals surface area contributed by atoms with Gasteiger partial charge in [0.15, 0.2) is 0 Å². The van der Waals surface area contributed by atoms with Crippen molar-refractivity contribution in [2.45, 2.75) is 13.0 Å². The third-order valence-electron chi connectivity index (χ3n) is 3.12. The lowest BCUT2D eigenvalue weighted by atomic mass is 10.1. The zero-order chi connectivity index (χ0) is 15.5. The van der Waals surface area contributed by atoms with Gasteiger partial charge in [0.25, 0.3) is 5.56 Å². The Hall–Kier alpha value is -1.99. The molecule has 0 aliphatic rings. The number of carbonyl (C=O) groups is 1. The minimum Gasteiger partial charge on any atom is -0.351 e. The van der Waals surface area contributed by atoms with Gasteiger partial charge in [-0.05, 0) is 23.8 Å². The van der Waals surface area contributed by atoms with E-state index in [-0.39, 0.29) is 11.5 Å². The number of nitrogens with zero attached hydrogens (tertiary/aromatic N) is 1. The molecule has 0 aliphatic carbocycles. The number of aromatic nitrogens is 2. The number of hydrogen-bond donors (Lipinski definition) is 2. The van der Waals surface area contributed by atoms with Crippen molar-refractivity contribution >= 4 is 43.4 Å². The first-order valence-electron chi connectivity index (χ1n) is 6.59. The Kier molecular flexibility index (Phi) is 4.35. The summed E-state index contributed by atoms with van der Waals surface area (Å²) < 4.78 is 0.986. The van der Waals surface area contributed by atoms with E-state index in [4.69, 9.17) is 0 Å². The van der Waals surface area contributed by atoms with Crippen LogP contribution in [0.2, 0.25) is 0 Å². The van der Waals surface area contributed by atoms with Crippen molar-refractivity contribution in [1.29, 1.82) is 0 Å². The molecule has 0 spiro atoms. The minimum atomic E-state index is -0.159. The molecule has 0 aliphatic heterocycles. The van der Waals surface area contributed by atoms with Crippen molar-refractivity contribution in [2.24, 2.45) is 0 Å². The van der Waals surface area contributed by atoms with Crippen LogP contribution in [-0.4, -0.2) is 15.9 Å². The Morgan fingerprint density at radius 3 is 2.82 bits per heavy atom. The van der Waals surface area contributed by atoms with Gasteiger partial charge in [-0.1, -0.05) is 28.1 Å². The Morgan fingerprint density at radius 2 is 2.09 bits per heavy atom. The smallest absolute Gasteiger partial charge is 0.259 e. The zero-order valence-electron chi connectivity index (χ0n) is 11.4. The number of amides is 1. The average molecular weight is 378 g/mol. The average Bonchev–Trinajstić information content (AvgIpc) is 2.92. The second kappa shape index (κ2) is 6.41. The lowest BCUT2D eigenvalue weighted by Gasteiger charge is -2.04. The van der Waals surface area contributed by atoms with Gasteiger partial charge in [-0.15, -0.1) is 11.3 Å². The van der Waals surface area contributed by atoms with Crippen LogP contribution in [0.5, 0.6) is 0 Å². The lowest BCUT2D eigenvalue weighted by molar-refractivity contribution is -0.120. The van der Waals surface area contributed by atoms with E-state index in [9.17, 15) is 9.59 Å². The Labute approximate surface area is 138 Å². The number of fused-ring (bicyclic) bond motifs is 1. The van der Waals surface area contributed by atoms with E-state index in [2.05, 4.69) is 31.2 Å². The highest BCUT2D eigenvalue weighted by atomic mass is 79.9. The summed E-state index contributed by atoms with van der Waals surface area (Å²) in [6, 6.07) is 9.41. The van der Waals surface area contributed by atoms with Gasteiger partial charge >= 0.3 is 0 Å². The second-order valence-corrected chi connectivity index (χ2v) is 6.77. The van der Waals surface area contributed by atoms with Gasteiger partial charge in [0.05, 0.1) is 24.7 Å². The molecular weight excluding hydrogens is 366 g/mol. The van der Waals surface area contributed by atoms with Crippen molar-refractivity contribution in [3.63, 3.8) is 0 Å². The molecule has 2 aromatic heterocycles. The molecule has 3 rings (SSSR count). The van der Waals surface area contributed by atoms with Crippen molar-refractivity contribution in [1.82, 2.24) is 15.3 Å². The SMILES string of the molecule is O=C(Cc1ccc(Br)cc1)NCc1cc2c(=O)[nH]cnc2s1. The third-order valence-corrected chi connectivity index (χ3v) is 4.70. The molecule has 7 heteroatoms. The number of H-pyrrole nitrogens is 1. The van der Waals surface area contributed by atoms with Crippen molar-refractivity contribution in [3.8, 4) is 0 Å². The van der Waals surface area contributed by atoms with Crippen LogP contribution in [0.15, 0.2) is 45.9 Å². The molecule has 0 saturated heterocycles. The molecule has 2 N–H and O–H groups in total. The fourth-order valence-corrected chi connectivity index (χ4v) is 3.24. The number of benzene rings is 1. The number of halogens is 1. The maximum Gasteiger partial charge on any atom is 0.259 e. The summed E-state index contributed by atoms with van der Waals surface area (Å²) in [5.41, 5.74) is 0.795. The number of nitrogens with one attached hydrogen (secondary N) is 2. The van der Waals surface area contributed by atoms with E-state index < -0.39 is 0 Å². The Morgan fingerprint density at radius 1 is 1.32 bits per heavy atom. The van der Waals surface area contributed by atoms with Gasteiger partial charge in [-0.3, -0.25) is 9.59 Å². The van der Waals surface area contributed by atoms with E-state index in [1.807, 2.05) is 24.3 Å². The quantitative estimate of drug-likeness (QED) is 0.733. The molecule has 0 fully saturated rings. The molecule has 0 bridgehead atoms. The van der Waals surface area contributed by atoms with Gasteiger partial charge in [0.1, 0.15) is 4.83 Å². The maximum atomic E-state index is 12.0. The number of rotatable bonds is 4. The van der Waals surface area contributed by atoms with Crippen LogP contribution in [-0.2, 0) is 17.8 Å². The standard InChI is InChI=1S/C15H12BrN3O2S/c16-10-3-1-9(2-4-10)5-13(20)17-7-11-6-12-14(21)18-8-19-15(12)22-11/h1-4,6,8H,5,7H2,(H,17,20)(H,18,19,21). The van der Waals surface area contributed by atoms with Crippen LogP contribution in [0.1, 0.15) is 10.4 Å². The van der Waals surface area contributed by atoms with Crippen LogP contribution < -0.4 is 10.9 Å². The summed E-state index contributed by atoms with van der Waals surface area (Å²) in [4.78, 5) is 31.8. The van der Waals surface area contributed by atoms with E-state index >= 15 is 0 Å². The highest BCUT2D eigenvalue weighted by molar-refractivity contribution is 9.10. The topological polar surface area (TPSA) is 74.8 Å². The number of hydrogen-bond acceptors (Lipinski definition) is 4. The van der Waals surface area contributed by atoms with Gasteiger partial charge in [0.2, 0.25) is 5.91 Å². The van der Waals surface area contributed by atoms with Crippen molar-refractivity contribution in [3.05, 3.63) is 61.9 Å². The summed E-state index contributed by atoms with van der Waals surface area (Å²) >= 11 is 4.77. The second-order valence-electron chi connectivity index (χ2n) is 4.74.